The lowest BCUT2D eigenvalue weighted by Crippen LogP contribution is -2.47. The standard InChI is InChI=1S/C9H18N2O2/c1-8(12)7-9(13)11-5-3-10(2)4-6-11/h8,12H,3-7H2,1-2H3. The van der Waals surface area contributed by atoms with Crippen LogP contribution in [0.25, 0.3) is 0 Å². The van der Waals surface area contributed by atoms with Crippen molar-refractivity contribution in [3.8, 4) is 0 Å². The molecule has 1 saturated heterocycles. The van der Waals surface area contributed by atoms with Crippen LogP contribution in [0.4, 0.5) is 0 Å². The van der Waals surface area contributed by atoms with E-state index in [0.717, 1.165) is 26.2 Å². The fourth-order valence-corrected chi connectivity index (χ4v) is 1.44. The lowest BCUT2D eigenvalue weighted by atomic mass is 10.2. The molecule has 1 heterocycles. The van der Waals surface area contributed by atoms with E-state index in [2.05, 4.69) is 11.9 Å². The third-order valence-corrected chi connectivity index (χ3v) is 2.33. The highest BCUT2D eigenvalue weighted by molar-refractivity contribution is 5.76. The third-order valence-electron chi connectivity index (χ3n) is 2.33. The van der Waals surface area contributed by atoms with Crippen LogP contribution in [0.5, 0.6) is 0 Å². The second-order valence-corrected chi connectivity index (χ2v) is 3.74. The number of nitrogens with zero attached hydrogens (tertiary/aromatic N) is 2. The van der Waals surface area contributed by atoms with Gasteiger partial charge in [0.05, 0.1) is 12.5 Å². The highest BCUT2D eigenvalue weighted by Gasteiger charge is 2.19. The minimum Gasteiger partial charge on any atom is -0.393 e. The molecule has 0 radical (unpaired) electrons. The van der Waals surface area contributed by atoms with Crippen LogP contribution >= 0.6 is 0 Å². The Hall–Kier alpha value is -0.610. The second kappa shape index (κ2) is 4.58. The quantitative estimate of drug-likeness (QED) is 0.634. The molecule has 76 valence electrons. The number of hydrogen-bond donors (Lipinski definition) is 1. The average molecular weight is 186 g/mol. The van der Waals surface area contributed by atoms with E-state index >= 15 is 0 Å². The molecule has 1 atom stereocenters. The molecule has 0 saturated carbocycles. The zero-order valence-corrected chi connectivity index (χ0v) is 8.36. The number of piperazine rings is 1. The molecule has 1 aliphatic heterocycles. The molecule has 1 amide bonds. The highest BCUT2D eigenvalue weighted by atomic mass is 16.3. The van der Waals surface area contributed by atoms with Gasteiger partial charge in [0.25, 0.3) is 0 Å². The monoisotopic (exact) mass is 186 g/mol. The first-order valence-corrected chi connectivity index (χ1v) is 4.74. The summed E-state index contributed by atoms with van der Waals surface area (Å²) in [5.74, 6) is 0.0723. The molecule has 0 aromatic heterocycles. The molecule has 1 aliphatic rings. The van der Waals surface area contributed by atoms with Gasteiger partial charge in [-0.3, -0.25) is 4.79 Å². The van der Waals surface area contributed by atoms with Gasteiger partial charge in [0, 0.05) is 26.2 Å². The summed E-state index contributed by atoms with van der Waals surface area (Å²) in [6, 6.07) is 0. The van der Waals surface area contributed by atoms with Crippen LogP contribution in [0.3, 0.4) is 0 Å². The topological polar surface area (TPSA) is 43.8 Å². The van der Waals surface area contributed by atoms with E-state index in [1.165, 1.54) is 0 Å². The Bertz CT molecular complexity index is 174. The summed E-state index contributed by atoms with van der Waals surface area (Å²) in [7, 11) is 2.05. The van der Waals surface area contributed by atoms with Crippen LogP contribution in [0, 0.1) is 0 Å². The number of carbonyl (C=O) groups is 1. The van der Waals surface area contributed by atoms with E-state index < -0.39 is 6.10 Å². The SMILES string of the molecule is CC(O)CC(=O)N1CCN(C)CC1. The molecule has 1 fully saturated rings. The van der Waals surface area contributed by atoms with Crippen LogP contribution in [0.15, 0.2) is 0 Å². The normalized spacial score (nSPS) is 21.6. The number of amides is 1. The van der Waals surface area contributed by atoms with Gasteiger partial charge in [-0.1, -0.05) is 0 Å². The number of likely N-dealkylation sites (N-methyl/N-ethyl adjacent to an activating group) is 1. The summed E-state index contributed by atoms with van der Waals surface area (Å²) >= 11 is 0. The van der Waals surface area contributed by atoms with Crippen molar-refractivity contribution in [2.45, 2.75) is 19.4 Å². The maximum atomic E-state index is 11.5. The molecule has 0 spiro atoms. The second-order valence-electron chi connectivity index (χ2n) is 3.74. The van der Waals surface area contributed by atoms with Crippen molar-refractivity contribution in [1.82, 2.24) is 9.80 Å². The summed E-state index contributed by atoms with van der Waals surface area (Å²) in [5.41, 5.74) is 0. The van der Waals surface area contributed by atoms with Gasteiger partial charge in [-0.2, -0.15) is 0 Å². The largest absolute Gasteiger partial charge is 0.393 e. The first kappa shape index (κ1) is 10.5. The zero-order valence-electron chi connectivity index (χ0n) is 8.36. The van der Waals surface area contributed by atoms with Crippen molar-refractivity contribution in [3.05, 3.63) is 0 Å². The van der Waals surface area contributed by atoms with Gasteiger partial charge in [0.15, 0.2) is 0 Å². The fourth-order valence-electron chi connectivity index (χ4n) is 1.44. The van der Waals surface area contributed by atoms with Crippen molar-refractivity contribution in [1.29, 1.82) is 0 Å². The first-order valence-electron chi connectivity index (χ1n) is 4.74. The summed E-state index contributed by atoms with van der Waals surface area (Å²) in [4.78, 5) is 15.5. The molecular formula is C9H18N2O2. The number of hydrogen-bond acceptors (Lipinski definition) is 3. The Morgan fingerprint density at radius 3 is 2.38 bits per heavy atom. The molecule has 4 heteroatoms. The van der Waals surface area contributed by atoms with Crippen molar-refractivity contribution < 1.29 is 9.90 Å². The average Bonchev–Trinajstić information content (AvgIpc) is 2.04. The Labute approximate surface area is 79.1 Å². The van der Waals surface area contributed by atoms with Crippen LogP contribution < -0.4 is 0 Å². The predicted octanol–water partition coefficient (Wildman–Crippen LogP) is -0.469. The smallest absolute Gasteiger partial charge is 0.225 e. The molecule has 1 N–H and O–H groups in total. The summed E-state index contributed by atoms with van der Waals surface area (Å²) in [6.45, 7) is 5.11. The molecule has 0 aromatic carbocycles. The summed E-state index contributed by atoms with van der Waals surface area (Å²) in [5, 5.41) is 9.05. The summed E-state index contributed by atoms with van der Waals surface area (Å²) in [6.07, 6.45) is -0.267. The maximum absolute atomic E-state index is 11.5. The number of carbonyl (C=O) groups excluding carboxylic acids is 1. The van der Waals surface area contributed by atoms with Crippen molar-refractivity contribution in [2.75, 3.05) is 33.2 Å². The van der Waals surface area contributed by atoms with Crippen LogP contribution in [0.2, 0.25) is 0 Å². The van der Waals surface area contributed by atoms with Gasteiger partial charge < -0.3 is 14.9 Å². The van der Waals surface area contributed by atoms with Gasteiger partial charge in [-0.25, -0.2) is 0 Å². The maximum Gasteiger partial charge on any atom is 0.225 e. The van der Waals surface area contributed by atoms with Crippen LogP contribution in [-0.2, 0) is 4.79 Å². The molecule has 13 heavy (non-hydrogen) atoms. The summed E-state index contributed by atoms with van der Waals surface area (Å²) < 4.78 is 0. The lowest BCUT2D eigenvalue weighted by molar-refractivity contribution is -0.134. The van der Waals surface area contributed by atoms with Crippen molar-refractivity contribution >= 4 is 5.91 Å². The molecule has 1 rings (SSSR count). The number of aliphatic hydroxyl groups is 1. The van der Waals surface area contributed by atoms with Gasteiger partial charge in [0.2, 0.25) is 5.91 Å². The molecule has 1 unspecified atom stereocenters. The Morgan fingerprint density at radius 1 is 1.38 bits per heavy atom. The fraction of sp³-hybridized carbons (Fsp3) is 0.889. The van der Waals surface area contributed by atoms with Crippen LogP contribution in [-0.4, -0.2) is 60.1 Å². The van der Waals surface area contributed by atoms with E-state index in [-0.39, 0.29) is 12.3 Å². The first-order chi connectivity index (χ1) is 6.09. The number of rotatable bonds is 2. The minimum absolute atomic E-state index is 0.0723. The highest BCUT2D eigenvalue weighted by Crippen LogP contribution is 2.03. The van der Waals surface area contributed by atoms with E-state index in [9.17, 15) is 4.79 Å². The van der Waals surface area contributed by atoms with Crippen molar-refractivity contribution in [2.24, 2.45) is 0 Å². The minimum atomic E-state index is -0.521. The van der Waals surface area contributed by atoms with E-state index in [0.29, 0.717) is 0 Å². The van der Waals surface area contributed by atoms with E-state index in [1.54, 1.807) is 6.92 Å². The molecular weight excluding hydrogens is 168 g/mol. The molecule has 4 nitrogen and oxygen atoms in total. The predicted molar refractivity (Wildman–Crippen MR) is 50.4 cm³/mol. The van der Waals surface area contributed by atoms with Gasteiger partial charge in [-0.05, 0) is 14.0 Å². The molecule has 0 bridgehead atoms. The molecule has 0 aromatic rings. The van der Waals surface area contributed by atoms with E-state index in [4.69, 9.17) is 5.11 Å². The van der Waals surface area contributed by atoms with Gasteiger partial charge in [-0.15, -0.1) is 0 Å². The van der Waals surface area contributed by atoms with E-state index in [1.807, 2.05) is 4.90 Å². The Kier molecular flexibility index (Phi) is 3.69. The molecule has 0 aliphatic carbocycles. The Balaban J connectivity index is 2.31. The van der Waals surface area contributed by atoms with Crippen molar-refractivity contribution in [3.63, 3.8) is 0 Å². The van der Waals surface area contributed by atoms with Gasteiger partial charge >= 0.3 is 0 Å². The van der Waals surface area contributed by atoms with Gasteiger partial charge in [0.1, 0.15) is 0 Å². The third kappa shape index (κ3) is 3.32. The zero-order chi connectivity index (χ0) is 9.84. The lowest BCUT2D eigenvalue weighted by Gasteiger charge is -2.32. The Morgan fingerprint density at radius 2 is 1.92 bits per heavy atom. The number of aliphatic hydroxyl groups excluding tert-OH is 1. The van der Waals surface area contributed by atoms with Crippen LogP contribution in [0.1, 0.15) is 13.3 Å².